The molecule has 0 bridgehead atoms. The summed E-state index contributed by atoms with van der Waals surface area (Å²) in [5, 5.41) is 15.3. The maximum absolute atomic E-state index is 13.1. The zero-order chi connectivity index (χ0) is 26.1. The van der Waals surface area contributed by atoms with Crippen molar-refractivity contribution in [2.24, 2.45) is 0 Å². The molecule has 6 rings (SSSR count). The predicted molar refractivity (Wildman–Crippen MR) is 148 cm³/mol. The van der Waals surface area contributed by atoms with Crippen molar-refractivity contribution in [3.8, 4) is 11.3 Å². The average molecular weight is 506 g/mol. The van der Waals surface area contributed by atoms with E-state index in [4.69, 9.17) is 9.52 Å². The fraction of sp³-hybridized carbons (Fsp3) is 0.161. The lowest BCUT2D eigenvalue weighted by molar-refractivity contribution is 0.102. The fourth-order valence-corrected chi connectivity index (χ4v) is 4.99. The molecule has 1 aromatic heterocycles. The van der Waals surface area contributed by atoms with Gasteiger partial charge in [0.1, 0.15) is 11.3 Å². The van der Waals surface area contributed by atoms with Crippen molar-refractivity contribution >= 4 is 39.4 Å². The topological polar surface area (TPSA) is 86.0 Å². The monoisotopic (exact) mass is 505 g/mol. The minimum absolute atomic E-state index is 0.176. The summed E-state index contributed by atoms with van der Waals surface area (Å²) in [7, 11) is 0. The molecule has 0 radical (unpaired) electrons. The summed E-state index contributed by atoms with van der Waals surface area (Å²) < 4.78 is 6.26. The van der Waals surface area contributed by atoms with Gasteiger partial charge in [-0.3, -0.25) is 9.69 Å². The first kappa shape index (κ1) is 23.8. The smallest absolute Gasteiger partial charge is 0.407 e. The molecule has 0 unspecified atom stereocenters. The van der Waals surface area contributed by atoms with Gasteiger partial charge < -0.3 is 19.7 Å². The second kappa shape index (κ2) is 10.0. The van der Waals surface area contributed by atoms with Gasteiger partial charge in [-0.15, -0.1) is 0 Å². The SMILES string of the molecule is O=C(Nc1ccccc1-c1cc2ccc(CN3CCN(C(=O)O)CC3)cc2o1)c1ccc2ccccc2c1. The summed E-state index contributed by atoms with van der Waals surface area (Å²) in [4.78, 5) is 28.0. The molecule has 1 aliphatic heterocycles. The van der Waals surface area contributed by atoms with E-state index in [0.29, 0.717) is 43.2 Å². The molecule has 2 amide bonds. The van der Waals surface area contributed by atoms with Crippen LogP contribution in [0.1, 0.15) is 15.9 Å². The molecule has 5 aromatic rings. The van der Waals surface area contributed by atoms with Gasteiger partial charge in [0, 0.05) is 49.2 Å². The third kappa shape index (κ3) is 4.84. The van der Waals surface area contributed by atoms with Crippen molar-refractivity contribution < 1.29 is 19.1 Å². The number of furan rings is 1. The van der Waals surface area contributed by atoms with Gasteiger partial charge in [0.15, 0.2) is 0 Å². The minimum Gasteiger partial charge on any atom is -0.465 e. The third-order valence-electron chi connectivity index (χ3n) is 7.09. The largest absolute Gasteiger partial charge is 0.465 e. The van der Waals surface area contributed by atoms with Gasteiger partial charge in [-0.25, -0.2) is 4.79 Å². The normalized spacial score (nSPS) is 14.2. The zero-order valence-corrected chi connectivity index (χ0v) is 20.8. The highest BCUT2D eigenvalue weighted by Crippen LogP contribution is 2.33. The number of rotatable bonds is 5. The van der Waals surface area contributed by atoms with Crippen LogP contribution in [0.2, 0.25) is 0 Å². The van der Waals surface area contributed by atoms with E-state index >= 15 is 0 Å². The van der Waals surface area contributed by atoms with E-state index in [0.717, 1.165) is 39.4 Å². The Morgan fingerprint density at radius 1 is 0.789 bits per heavy atom. The number of piperazine rings is 1. The van der Waals surface area contributed by atoms with E-state index in [-0.39, 0.29) is 5.91 Å². The van der Waals surface area contributed by atoms with E-state index < -0.39 is 6.09 Å². The van der Waals surface area contributed by atoms with Crippen LogP contribution >= 0.6 is 0 Å². The molecular weight excluding hydrogens is 478 g/mol. The molecule has 190 valence electrons. The summed E-state index contributed by atoms with van der Waals surface area (Å²) >= 11 is 0. The van der Waals surface area contributed by atoms with E-state index in [9.17, 15) is 9.59 Å². The van der Waals surface area contributed by atoms with Crippen LogP contribution in [0.5, 0.6) is 0 Å². The first-order valence-electron chi connectivity index (χ1n) is 12.7. The molecule has 0 atom stereocenters. The van der Waals surface area contributed by atoms with Crippen LogP contribution in [-0.4, -0.2) is 53.1 Å². The number of nitrogens with zero attached hydrogens (tertiary/aromatic N) is 2. The van der Waals surface area contributed by atoms with Crippen molar-refractivity contribution in [3.05, 3.63) is 102 Å². The van der Waals surface area contributed by atoms with Crippen LogP contribution in [0.15, 0.2) is 95.4 Å². The van der Waals surface area contributed by atoms with Gasteiger partial charge in [-0.2, -0.15) is 0 Å². The number of hydrogen-bond donors (Lipinski definition) is 2. The Balaban J connectivity index is 1.21. The lowest BCUT2D eigenvalue weighted by Gasteiger charge is -2.33. The van der Waals surface area contributed by atoms with Crippen LogP contribution in [0.4, 0.5) is 10.5 Å². The van der Waals surface area contributed by atoms with Crippen molar-refractivity contribution in [3.63, 3.8) is 0 Å². The molecule has 7 heteroatoms. The molecule has 1 fully saturated rings. The van der Waals surface area contributed by atoms with E-state index in [1.165, 1.54) is 4.90 Å². The molecule has 2 heterocycles. The number of carboxylic acid groups (broad SMARTS) is 1. The summed E-state index contributed by atoms with van der Waals surface area (Å²) in [5.74, 6) is 0.506. The Kier molecular flexibility index (Phi) is 6.27. The number of benzene rings is 4. The fourth-order valence-electron chi connectivity index (χ4n) is 4.99. The van der Waals surface area contributed by atoms with Crippen molar-refractivity contribution in [1.82, 2.24) is 9.80 Å². The Hall–Kier alpha value is -4.62. The molecule has 0 spiro atoms. The Bertz CT molecular complexity index is 1650. The van der Waals surface area contributed by atoms with Gasteiger partial charge >= 0.3 is 6.09 Å². The van der Waals surface area contributed by atoms with Crippen molar-refractivity contribution in [1.29, 1.82) is 0 Å². The van der Waals surface area contributed by atoms with E-state index in [1.54, 1.807) is 0 Å². The van der Waals surface area contributed by atoms with Crippen molar-refractivity contribution in [2.75, 3.05) is 31.5 Å². The number of amides is 2. The molecular formula is C31H27N3O4. The Labute approximate surface area is 219 Å². The van der Waals surface area contributed by atoms with E-state index in [1.807, 2.05) is 84.9 Å². The lowest BCUT2D eigenvalue weighted by atomic mass is 10.1. The molecule has 7 nitrogen and oxygen atoms in total. The van der Waals surface area contributed by atoms with Gasteiger partial charge in [-0.1, -0.05) is 54.6 Å². The molecule has 1 saturated heterocycles. The quantitative estimate of drug-likeness (QED) is 0.293. The van der Waals surface area contributed by atoms with Crippen LogP contribution in [0.25, 0.3) is 33.1 Å². The van der Waals surface area contributed by atoms with Crippen LogP contribution in [0, 0.1) is 0 Å². The van der Waals surface area contributed by atoms with Gasteiger partial charge in [0.05, 0.1) is 5.69 Å². The van der Waals surface area contributed by atoms with Crippen LogP contribution < -0.4 is 5.32 Å². The number of hydrogen-bond acceptors (Lipinski definition) is 4. The average Bonchev–Trinajstić information content (AvgIpc) is 3.36. The van der Waals surface area contributed by atoms with E-state index in [2.05, 4.69) is 16.3 Å². The highest BCUT2D eigenvalue weighted by Gasteiger charge is 2.21. The molecule has 38 heavy (non-hydrogen) atoms. The number of nitrogens with one attached hydrogen (secondary N) is 1. The summed E-state index contributed by atoms with van der Waals surface area (Å²) in [5.41, 5.74) is 3.97. The maximum Gasteiger partial charge on any atom is 0.407 e. The molecule has 0 aliphatic carbocycles. The Morgan fingerprint density at radius 3 is 2.34 bits per heavy atom. The first-order chi connectivity index (χ1) is 18.5. The molecule has 2 N–H and O–H groups in total. The lowest BCUT2D eigenvalue weighted by Crippen LogP contribution is -2.47. The summed E-state index contributed by atoms with van der Waals surface area (Å²) in [6.45, 7) is 3.18. The van der Waals surface area contributed by atoms with Gasteiger partial charge in [0.2, 0.25) is 0 Å². The number of fused-ring (bicyclic) bond motifs is 2. The number of carbonyl (C=O) groups is 2. The first-order valence-corrected chi connectivity index (χ1v) is 12.7. The minimum atomic E-state index is -0.858. The van der Waals surface area contributed by atoms with Crippen LogP contribution in [0.3, 0.4) is 0 Å². The number of anilines is 1. The number of para-hydroxylation sites is 1. The maximum atomic E-state index is 13.1. The second-order valence-corrected chi connectivity index (χ2v) is 9.59. The highest BCUT2D eigenvalue weighted by atomic mass is 16.4. The summed E-state index contributed by atoms with van der Waals surface area (Å²) in [6, 6.07) is 29.5. The highest BCUT2D eigenvalue weighted by molar-refractivity contribution is 6.08. The molecule has 1 aliphatic rings. The summed E-state index contributed by atoms with van der Waals surface area (Å²) in [6.07, 6.45) is -0.858. The third-order valence-corrected chi connectivity index (χ3v) is 7.09. The van der Waals surface area contributed by atoms with Crippen molar-refractivity contribution in [2.45, 2.75) is 6.54 Å². The number of carbonyl (C=O) groups excluding carboxylic acids is 1. The predicted octanol–water partition coefficient (Wildman–Crippen LogP) is 6.30. The van der Waals surface area contributed by atoms with Crippen LogP contribution in [-0.2, 0) is 6.54 Å². The standard InChI is InChI=1S/C31H27N3O4/c35-30(25-12-11-22-5-1-2-6-23(22)18-25)32-27-8-4-3-7-26(27)29-19-24-10-9-21(17-28(24)38-29)20-33-13-15-34(16-14-33)31(36)37/h1-12,17-19H,13-16,20H2,(H,32,35)(H,36,37). The van der Waals surface area contributed by atoms with Gasteiger partial charge in [0.25, 0.3) is 5.91 Å². The van der Waals surface area contributed by atoms with Gasteiger partial charge in [-0.05, 0) is 52.7 Å². The zero-order valence-electron chi connectivity index (χ0n) is 20.8. The second-order valence-electron chi connectivity index (χ2n) is 9.59. The molecule has 0 saturated carbocycles. The Morgan fingerprint density at radius 2 is 1.53 bits per heavy atom. The molecule has 4 aromatic carbocycles.